The number of methoxy groups -OCH3 is 1. The Balaban J connectivity index is 1.59. The van der Waals surface area contributed by atoms with E-state index >= 15 is 0 Å². The molecule has 32 heavy (non-hydrogen) atoms. The fourth-order valence-electron chi connectivity index (χ4n) is 3.73. The number of hydrogen-bond donors (Lipinski definition) is 1. The molecule has 0 aliphatic heterocycles. The van der Waals surface area contributed by atoms with Crippen LogP contribution in [0.25, 0.3) is 16.8 Å². The van der Waals surface area contributed by atoms with Crippen molar-refractivity contribution in [1.29, 1.82) is 0 Å². The SMILES string of the molecule is COc1ccccc1-c1c(C)nn2c(SCC(=O)N[C@H](C)c3ccccc3)cc(C)nc12. The van der Waals surface area contributed by atoms with E-state index in [4.69, 9.17) is 14.8 Å². The molecule has 0 bridgehead atoms. The van der Waals surface area contributed by atoms with Gasteiger partial charge >= 0.3 is 0 Å². The zero-order valence-corrected chi connectivity index (χ0v) is 19.4. The molecular weight excluding hydrogens is 420 g/mol. The number of amides is 1. The minimum absolute atomic E-state index is 0.0252. The number of rotatable bonds is 7. The third-order valence-corrected chi connectivity index (χ3v) is 6.26. The first-order valence-electron chi connectivity index (χ1n) is 10.5. The molecule has 164 valence electrons. The summed E-state index contributed by atoms with van der Waals surface area (Å²) in [5.74, 6) is 1.04. The van der Waals surface area contributed by atoms with Crippen molar-refractivity contribution >= 4 is 23.3 Å². The molecule has 7 heteroatoms. The van der Waals surface area contributed by atoms with Crippen LogP contribution in [0.2, 0.25) is 0 Å². The number of nitrogens with zero attached hydrogens (tertiary/aromatic N) is 3. The largest absolute Gasteiger partial charge is 0.496 e. The second kappa shape index (κ2) is 9.44. The third kappa shape index (κ3) is 4.48. The van der Waals surface area contributed by atoms with E-state index in [0.29, 0.717) is 5.75 Å². The van der Waals surface area contributed by atoms with Crippen LogP contribution < -0.4 is 10.1 Å². The number of para-hydroxylation sites is 1. The van der Waals surface area contributed by atoms with Gasteiger partial charge in [-0.2, -0.15) is 5.10 Å². The monoisotopic (exact) mass is 446 g/mol. The van der Waals surface area contributed by atoms with Gasteiger partial charge in [-0.3, -0.25) is 4.79 Å². The minimum atomic E-state index is -0.0485. The molecule has 2 aromatic heterocycles. The van der Waals surface area contributed by atoms with E-state index in [-0.39, 0.29) is 11.9 Å². The summed E-state index contributed by atoms with van der Waals surface area (Å²) in [5, 5.41) is 8.68. The van der Waals surface area contributed by atoms with Gasteiger partial charge in [0.2, 0.25) is 5.91 Å². The highest BCUT2D eigenvalue weighted by Crippen LogP contribution is 2.35. The molecule has 4 aromatic rings. The van der Waals surface area contributed by atoms with Crippen LogP contribution in [0.3, 0.4) is 0 Å². The van der Waals surface area contributed by atoms with Gasteiger partial charge in [-0.15, -0.1) is 0 Å². The maximum atomic E-state index is 12.6. The summed E-state index contributed by atoms with van der Waals surface area (Å²) < 4.78 is 7.39. The maximum absolute atomic E-state index is 12.6. The standard InChI is InChI=1S/C25H26N4O2S/c1-16-14-23(32-15-22(30)27-17(2)19-10-6-5-7-11-19)29-25(26-16)24(18(3)28-29)20-12-8-9-13-21(20)31-4/h5-14,17H,15H2,1-4H3,(H,27,30)/t17-/m1/s1. The Morgan fingerprint density at radius 2 is 1.84 bits per heavy atom. The van der Waals surface area contributed by atoms with Gasteiger partial charge in [0.15, 0.2) is 5.65 Å². The van der Waals surface area contributed by atoms with Crippen molar-refractivity contribution in [3.63, 3.8) is 0 Å². The van der Waals surface area contributed by atoms with Crippen molar-refractivity contribution < 1.29 is 9.53 Å². The normalized spacial score (nSPS) is 12.0. The van der Waals surface area contributed by atoms with Crippen LogP contribution in [0.5, 0.6) is 5.75 Å². The van der Waals surface area contributed by atoms with Crippen molar-refractivity contribution in [3.05, 3.63) is 77.6 Å². The number of thioether (sulfide) groups is 1. The number of hydrogen-bond acceptors (Lipinski definition) is 5. The quantitative estimate of drug-likeness (QED) is 0.320. The van der Waals surface area contributed by atoms with Gasteiger partial charge in [-0.1, -0.05) is 60.3 Å². The Morgan fingerprint density at radius 3 is 2.59 bits per heavy atom. The predicted octanol–water partition coefficient (Wildman–Crippen LogP) is 4.99. The van der Waals surface area contributed by atoms with E-state index in [1.165, 1.54) is 11.8 Å². The van der Waals surface area contributed by atoms with Gasteiger partial charge in [0.05, 0.1) is 30.2 Å². The smallest absolute Gasteiger partial charge is 0.230 e. The zero-order valence-electron chi connectivity index (χ0n) is 18.6. The number of aromatic nitrogens is 3. The molecule has 4 rings (SSSR count). The molecule has 1 atom stereocenters. The lowest BCUT2D eigenvalue weighted by Crippen LogP contribution is -2.28. The number of nitrogens with one attached hydrogen (secondary N) is 1. The van der Waals surface area contributed by atoms with Crippen LogP contribution in [0.1, 0.15) is 29.9 Å². The second-order valence-electron chi connectivity index (χ2n) is 7.62. The number of aryl methyl sites for hydroxylation is 2. The van der Waals surface area contributed by atoms with Crippen LogP contribution in [0.4, 0.5) is 0 Å². The lowest BCUT2D eigenvalue weighted by Gasteiger charge is -2.14. The Kier molecular flexibility index (Phi) is 6.46. The van der Waals surface area contributed by atoms with Gasteiger partial charge in [-0.25, -0.2) is 9.50 Å². The molecule has 0 saturated carbocycles. The van der Waals surface area contributed by atoms with Crippen LogP contribution in [0, 0.1) is 13.8 Å². The van der Waals surface area contributed by atoms with Crippen molar-refractivity contribution in [2.45, 2.75) is 31.8 Å². The molecule has 2 aromatic carbocycles. The second-order valence-corrected chi connectivity index (χ2v) is 8.62. The lowest BCUT2D eigenvalue weighted by atomic mass is 10.1. The summed E-state index contributed by atoms with van der Waals surface area (Å²) in [7, 11) is 1.66. The van der Waals surface area contributed by atoms with Gasteiger partial charge in [0.25, 0.3) is 0 Å². The zero-order chi connectivity index (χ0) is 22.7. The van der Waals surface area contributed by atoms with Gasteiger partial charge in [0, 0.05) is 11.3 Å². The topological polar surface area (TPSA) is 68.5 Å². The molecule has 0 spiro atoms. The number of fused-ring (bicyclic) bond motifs is 1. The maximum Gasteiger partial charge on any atom is 0.230 e. The van der Waals surface area contributed by atoms with E-state index < -0.39 is 0 Å². The van der Waals surface area contributed by atoms with Gasteiger partial charge in [-0.05, 0) is 38.5 Å². The van der Waals surface area contributed by atoms with Crippen LogP contribution >= 0.6 is 11.8 Å². The highest BCUT2D eigenvalue weighted by atomic mass is 32.2. The van der Waals surface area contributed by atoms with E-state index in [9.17, 15) is 4.79 Å². The van der Waals surface area contributed by atoms with Gasteiger partial charge < -0.3 is 10.1 Å². The average Bonchev–Trinajstić information content (AvgIpc) is 3.13. The summed E-state index contributed by atoms with van der Waals surface area (Å²) >= 11 is 1.45. The van der Waals surface area contributed by atoms with E-state index in [0.717, 1.165) is 44.5 Å². The Bertz CT molecular complexity index is 1250. The van der Waals surface area contributed by atoms with Crippen molar-refractivity contribution in [2.24, 2.45) is 0 Å². The van der Waals surface area contributed by atoms with Gasteiger partial charge in [0.1, 0.15) is 10.8 Å². The average molecular weight is 447 g/mol. The van der Waals surface area contributed by atoms with Crippen molar-refractivity contribution in [1.82, 2.24) is 19.9 Å². The van der Waals surface area contributed by atoms with Crippen molar-refractivity contribution in [2.75, 3.05) is 12.9 Å². The van der Waals surface area contributed by atoms with Crippen LogP contribution in [-0.2, 0) is 4.79 Å². The number of ether oxygens (including phenoxy) is 1. The lowest BCUT2D eigenvalue weighted by molar-refractivity contribution is -0.119. The number of carbonyl (C=O) groups is 1. The molecule has 0 unspecified atom stereocenters. The summed E-state index contributed by atoms with van der Waals surface area (Å²) in [6, 6.07) is 19.7. The fraction of sp³-hybridized carbons (Fsp3) is 0.240. The molecule has 1 N–H and O–H groups in total. The molecule has 2 heterocycles. The third-order valence-electron chi connectivity index (χ3n) is 5.26. The Morgan fingerprint density at radius 1 is 1.12 bits per heavy atom. The van der Waals surface area contributed by atoms with E-state index in [1.807, 2.05) is 86.0 Å². The molecule has 0 aliphatic rings. The molecular formula is C25H26N4O2S. The highest BCUT2D eigenvalue weighted by molar-refractivity contribution is 7.99. The first kappa shape index (κ1) is 21.9. The summed E-state index contributed by atoms with van der Waals surface area (Å²) in [6.45, 7) is 5.91. The molecule has 6 nitrogen and oxygen atoms in total. The van der Waals surface area contributed by atoms with Crippen molar-refractivity contribution in [3.8, 4) is 16.9 Å². The molecule has 0 saturated heterocycles. The van der Waals surface area contributed by atoms with E-state index in [2.05, 4.69) is 5.32 Å². The molecule has 0 aliphatic carbocycles. The van der Waals surface area contributed by atoms with E-state index in [1.54, 1.807) is 7.11 Å². The molecule has 1 amide bonds. The first-order valence-corrected chi connectivity index (χ1v) is 11.4. The highest BCUT2D eigenvalue weighted by Gasteiger charge is 2.19. The Labute approximate surface area is 192 Å². The summed E-state index contributed by atoms with van der Waals surface area (Å²) in [5.41, 5.74) is 5.46. The minimum Gasteiger partial charge on any atom is -0.496 e. The summed E-state index contributed by atoms with van der Waals surface area (Å²) in [4.78, 5) is 17.4. The van der Waals surface area contributed by atoms with Crippen LogP contribution in [-0.4, -0.2) is 33.4 Å². The number of carbonyl (C=O) groups excluding carboxylic acids is 1. The summed E-state index contributed by atoms with van der Waals surface area (Å²) in [6.07, 6.45) is 0. The molecule has 0 fully saturated rings. The molecule has 0 radical (unpaired) electrons. The number of benzene rings is 2. The predicted molar refractivity (Wildman–Crippen MR) is 128 cm³/mol. The van der Waals surface area contributed by atoms with Crippen LogP contribution in [0.15, 0.2) is 65.7 Å². The first-order chi connectivity index (χ1) is 15.5. The Hall–Kier alpha value is -3.32. The fourth-order valence-corrected chi connectivity index (χ4v) is 4.59.